The van der Waals surface area contributed by atoms with Crippen LogP contribution in [0.5, 0.6) is 11.5 Å². The van der Waals surface area contributed by atoms with Gasteiger partial charge in [0.25, 0.3) is 5.91 Å². The first-order valence-electron chi connectivity index (χ1n) is 7.24. The lowest BCUT2D eigenvalue weighted by atomic mass is 9.93. The minimum Gasteiger partial charge on any atom is -0.456 e. The molecule has 0 aliphatic heterocycles. The molecule has 0 atom stereocenters. The highest BCUT2D eigenvalue weighted by Crippen LogP contribution is 2.26. The third kappa shape index (κ3) is 3.80. The molecule has 0 spiro atoms. The molecule has 1 aromatic carbocycles. The van der Waals surface area contributed by atoms with Gasteiger partial charge in [0, 0.05) is 25.4 Å². The number of carbonyl (C=O) groups is 1. The Labute approximate surface area is 136 Å². The number of carbonyl (C=O) groups excluding carboxylic acids is 1. The molecule has 0 unspecified atom stereocenters. The van der Waals surface area contributed by atoms with Crippen molar-refractivity contribution in [3.8, 4) is 11.5 Å². The molecule has 0 bridgehead atoms. The van der Waals surface area contributed by atoms with Crippen molar-refractivity contribution in [1.82, 2.24) is 9.88 Å². The lowest BCUT2D eigenvalue weighted by Crippen LogP contribution is -2.31. The van der Waals surface area contributed by atoms with Crippen LogP contribution in [-0.2, 0) is 0 Å². The van der Waals surface area contributed by atoms with Crippen LogP contribution in [0.3, 0.4) is 0 Å². The molecule has 0 aliphatic rings. The zero-order chi connectivity index (χ0) is 16.1. The summed E-state index contributed by atoms with van der Waals surface area (Å²) in [4.78, 5) is 18.3. The molecule has 1 aromatic heterocycles. The summed E-state index contributed by atoms with van der Waals surface area (Å²) in [5, 5.41) is 0.348. The maximum absolute atomic E-state index is 12.6. The highest BCUT2D eigenvalue weighted by Gasteiger charge is 2.18. The van der Waals surface area contributed by atoms with Crippen molar-refractivity contribution >= 4 is 30.8 Å². The van der Waals surface area contributed by atoms with E-state index in [1.54, 1.807) is 29.3 Å². The van der Waals surface area contributed by atoms with Gasteiger partial charge >= 0.3 is 0 Å². The van der Waals surface area contributed by atoms with E-state index in [-0.39, 0.29) is 5.91 Å². The van der Waals surface area contributed by atoms with Crippen LogP contribution in [0.1, 0.15) is 24.2 Å². The summed E-state index contributed by atoms with van der Waals surface area (Å²) < 4.78 is 5.83. The number of benzene rings is 1. The van der Waals surface area contributed by atoms with Crippen LogP contribution in [0.25, 0.3) is 0 Å². The van der Waals surface area contributed by atoms with E-state index in [2.05, 4.69) is 4.98 Å². The quantitative estimate of drug-likeness (QED) is 0.628. The highest BCUT2D eigenvalue weighted by atomic mass is 35.5. The monoisotopic (exact) mass is 316 g/mol. The Bertz CT molecular complexity index is 675. The molecule has 0 radical (unpaired) electrons. The van der Waals surface area contributed by atoms with Crippen molar-refractivity contribution in [2.24, 2.45) is 0 Å². The van der Waals surface area contributed by atoms with Crippen molar-refractivity contribution < 1.29 is 9.53 Å². The Hall–Kier alpha value is -2.01. The minimum absolute atomic E-state index is 0.0381. The third-order valence-corrected chi connectivity index (χ3v) is 3.55. The van der Waals surface area contributed by atoms with E-state index in [0.29, 0.717) is 35.3 Å². The number of rotatable bonds is 5. The third-order valence-electron chi connectivity index (χ3n) is 3.34. The van der Waals surface area contributed by atoms with E-state index in [4.69, 9.17) is 16.3 Å². The SMILES string of the molecule is Bc1ccc(Oc2ccnc(Cl)c2)c(C(=O)N(CC)CC)c1. The molecule has 114 valence electrons. The molecule has 1 amide bonds. The number of hydrogen-bond donors (Lipinski definition) is 0. The van der Waals surface area contributed by atoms with Crippen LogP contribution >= 0.6 is 11.6 Å². The van der Waals surface area contributed by atoms with E-state index >= 15 is 0 Å². The Balaban J connectivity index is 2.37. The summed E-state index contributed by atoms with van der Waals surface area (Å²) in [7, 11) is 1.95. The molecule has 0 fully saturated rings. The number of nitrogens with zero attached hydrogens (tertiary/aromatic N) is 2. The molecular formula is C16H18BClN2O2. The fourth-order valence-electron chi connectivity index (χ4n) is 2.16. The fraction of sp³-hybridized carbons (Fsp3) is 0.250. The Morgan fingerprint density at radius 3 is 2.64 bits per heavy atom. The second-order valence-electron chi connectivity index (χ2n) is 4.89. The van der Waals surface area contributed by atoms with Crippen LogP contribution < -0.4 is 10.2 Å². The second-order valence-corrected chi connectivity index (χ2v) is 5.28. The number of halogens is 1. The topological polar surface area (TPSA) is 42.4 Å². The molecule has 1 heterocycles. The number of amides is 1. The van der Waals surface area contributed by atoms with Crippen molar-refractivity contribution in [3.05, 3.63) is 47.2 Å². The molecule has 0 N–H and O–H groups in total. The first-order chi connectivity index (χ1) is 10.5. The Morgan fingerprint density at radius 1 is 1.27 bits per heavy atom. The smallest absolute Gasteiger partial charge is 0.257 e. The van der Waals surface area contributed by atoms with Crippen LogP contribution in [0.2, 0.25) is 5.15 Å². The highest BCUT2D eigenvalue weighted by molar-refractivity contribution is 6.32. The van der Waals surface area contributed by atoms with Gasteiger partial charge < -0.3 is 9.64 Å². The van der Waals surface area contributed by atoms with Gasteiger partial charge in [0.2, 0.25) is 0 Å². The average molecular weight is 317 g/mol. The molecule has 0 saturated carbocycles. The predicted octanol–water partition coefficient (Wildman–Crippen LogP) is 2.27. The lowest BCUT2D eigenvalue weighted by Gasteiger charge is -2.20. The van der Waals surface area contributed by atoms with Gasteiger partial charge in [-0.3, -0.25) is 4.79 Å². The van der Waals surface area contributed by atoms with Crippen LogP contribution in [0.15, 0.2) is 36.5 Å². The number of ether oxygens (including phenoxy) is 1. The molecule has 6 heteroatoms. The van der Waals surface area contributed by atoms with Gasteiger partial charge in [0.15, 0.2) is 0 Å². The van der Waals surface area contributed by atoms with Gasteiger partial charge in [-0.2, -0.15) is 0 Å². The van der Waals surface area contributed by atoms with Crippen molar-refractivity contribution in [2.45, 2.75) is 13.8 Å². The zero-order valence-corrected chi connectivity index (χ0v) is 13.7. The average Bonchev–Trinajstić information content (AvgIpc) is 2.50. The first-order valence-corrected chi connectivity index (χ1v) is 7.62. The van der Waals surface area contributed by atoms with Crippen LogP contribution in [0, 0.1) is 0 Å². The van der Waals surface area contributed by atoms with Gasteiger partial charge in [-0.25, -0.2) is 4.98 Å². The summed E-state index contributed by atoms with van der Waals surface area (Å²) in [6, 6.07) is 8.89. The second kappa shape index (κ2) is 7.32. The summed E-state index contributed by atoms with van der Waals surface area (Å²) in [5.41, 5.74) is 1.56. The van der Waals surface area contributed by atoms with Gasteiger partial charge in [-0.1, -0.05) is 29.2 Å². The minimum atomic E-state index is -0.0381. The van der Waals surface area contributed by atoms with Crippen molar-refractivity contribution in [2.75, 3.05) is 13.1 Å². The summed E-state index contributed by atoms with van der Waals surface area (Å²) in [6.45, 7) is 5.23. The summed E-state index contributed by atoms with van der Waals surface area (Å²) in [6.07, 6.45) is 1.57. The first kappa shape index (κ1) is 16.4. The molecule has 4 nitrogen and oxygen atoms in total. The van der Waals surface area contributed by atoms with Crippen LogP contribution in [0.4, 0.5) is 0 Å². The maximum atomic E-state index is 12.6. The number of aromatic nitrogens is 1. The van der Waals surface area contributed by atoms with Gasteiger partial charge in [-0.05, 0) is 26.0 Å². The molecule has 2 aromatic rings. The molecule has 2 rings (SSSR count). The van der Waals surface area contributed by atoms with Crippen LogP contribution in [-0.4, -0.2) is 36.7 Å². The van der Waals surface area contributed by atoms with E-state index in [1.807, 2.05) is 33.8 Å². The molecular weight excluding hydrogens is 298 g/mol. The van der Waals surface area contributed by atoms with Crippen molar-refractivity contribution in [1.29, 1.82) is 0 Å². The molecule has 22 heavy (non-hydrogen) atoms. The van der Waals surface area contributed by atoms with Gasteiger partial charge in [0.1, 0.15) is 24.5 Å². The van der Waals surface area contributed by atoms with E-state index in [1.165, 1.54) is 0 Å². The Morgan fingerprint density at radius 2 is 2.00 bits per heavy atom. The van der Waals surface area contributed by atoms with E-state index in [9.17, 15) is 4.79 Å². The standard InChI is InChI=1S/C16H18BClN2O2/c1-3-20(4-2)16(21)13-9-11(17)5-6-14(13)22-12-7-8-19-15(18)10-12/h5-10H,3-4,17H2,1-2H3. The lowest BCUT2D eigenvalue weighted by molar-refractivity contribution is 0.0770. The predicted molar refractivity (Wildman–Crippen MR) is 91.2 cm³/mol. The number of hydrogen-bond acceptors (Lipinski definition) is 3. The zero-order valence-electron chi connectivity index (χ0n) is 13.0. The fourth-order valence-corrected chi connectivity index (χ4v) is 2.32. The molecule has 0 aliphatic carbocycles. The van der Waals surface area contributed by atoms with Crippen molar-refractivity contribution in [3.63, 3.8) is 0 Å². The maximum Gasteiger partial charge on any atom is 0.257 e. The van der Waals surface area contributed by atoms with Gasteiger partial charge in [-0.15, -0.1) is 0 Å². The normalized spacial score (nSPS) is 10.3. The van der Waals surface area contributed by atoms with E-state index < -0.39 is 0 Å². The molecule has 0 saturated heterocycles. The summed E-state index contributed by atoms with van der Waals surface area (Å²) in [5.74, 6) is 1.03. The summed E-state index contributed by atoms with van der Waals surface area (Å²) >= 11 is 5.87. The number of pyridine rings is 1. The largest absolute Gasteiger partial charge is 0.456 e. The van der Waals surface area contributed by atoms with Gasteiger partial charge in [0.05, 0.1) is 5.56 Å². The Kier molecular flexibility index (Phi) is 5.44. The van der Waals surface area contributed by atoms with E-state index in [0.717, 1.165) is 5.46 Å².